The molecule has 1 aromatic carbocycles. The second-order valence-electron chi connectivity index (χ2n) is 5.80. The number of methoxy groups -OCH3 is 1. The van der Waals surface area contributed by atoms with E-state index < -0.39 is 0 Å². The van der Waals surface area contributed by atoms with Gasteiger partial charge in [0.2, 0.25) is 11.9 Å². The van der Waals surface area contributed by atoms with Gasteiger partial charge in [-0.15, -0.1) is 10.2 Å². The summed E-state index contributed by atoms with van der Waals surface area (Å²) in [6, 6.07) is 8.05. The van der Waals surface area contributed by atoms with E-state index in [1.54, 1.807) is 13.4 Å². The number of aromatic nitrogens is 6. The van der Waals surface area contributed by atoms with Crippen LogP contribution in [0.2, 0.25) is 0 Å². The van der Waals surface area contributed by atoms with Gasteiger partial charge in [0, 0.05) is 6.04 Å². The van der Waals surface area contributed by atoms with Crippen molar-refractivity contribution in [2.24, 2.45) is 0 Å². The highest BCUT2D eigenvalue weighted by Crippen LogP contribution is 2.37. The summed E-state index contributed by atoms with van der Waals surface area (Å²) in [6.07, 6.45) is 4.13. The lowest BCUT2D eigenvalue weighted by Crippen LogP contribution is -2.07. The largest absolute Gasteiger partial charge is 0.495 e. The maximum Gasteiger partial charge on any atom is 0.232 e. The van der Waals surface area contributed by atoms with Crippen molar-refractivity contribution in [3.63, 3.8) is 0 Å². The summed E-state index contributed by atoms with van der Waals surface area (Å²) in [4.78, 5) is 12.8. The van der Waals surface area contributed by atoms with Gasteiger partial charge in [-0.3, -0.25) is 0 Å². The van der Waals surface area contributed by atoms with E-state index in [2.05, 4.69) is 35.0 Å². The first-order valence-corrected chi connectivity index (χ1v) is 9.14. The minimum atomic E-state index is 0.164. The highest BCUT2D eigenvalue weighted by atomic mass is 32.2. The maximum atomic E-state index is 5.84. The molecule has 0 spiro atoms. The molecular weight excluding hydrogens is 352 g/mol. The molecule has 3 aromatic rings. The number of anilines is 3. The van der Waals surface area contributed by atoms with Crippen molar-refractivity contribution in [2.75, 3.05) is 18.2 Å². The SMILES string of the molecule is COc1ccccc1Nc1nc(N)nc(CSc2nncn2C2CC2)n1. The van der Waals surface area contributed by atoms with Gasteiger partial charge in [-0.1, -0.05) is 23.9 Å². The van der Waals surface area contributed by atoms with Crippen molar-refractivity contribution >= 4 is 29.3 Å². The summed E-state index contributed by atoms with van der Waals surface area (Å²) in [6.45, 7) is 0. The molecule has 0 bridgehead atoms. The minimum Gasteiger partial charge on any atom is -0.495 e. The molecule has 1 fully saturated rings. The summed E-state index contributed by atoms with van der Waals surface area (Å²) < 4.78 is 7.43. The molecule has 1 aliphatic rings. The molecule has 10 heteroatoms. The number of nitrogen functional groups attached to an aromatic ring is 1. The van der Waals surface area contributed by atoms with Crippen LogP contribution in [0.1, 0.15) is 24.7 Å². The molecule has 1 aliphatic carbocycles. The van der Waals surface area contributed by atoms with Crippen molar-refractivity contribution in [2.45, 2.75) is 29.8 Å². The highest BCUT2D eigenvalue weighted by Gasteiger charge is 2.26. The average Bonchev–Trinajstić information content (AvgIpc) is 3.38. The van der Waals surface area contributed by atoms with Crippen LogP contribution in [0.3, 0.4) is 0 Å². The van der Waals surface area contributed by atoms with E-state index in [0.29, 0.717) is 29.3 Å². The summed E-state index contributed by atoms with van der Waals surface area (Å²) in [7, 11) is 1.61. The lowest BCUT2D eigenvalue weighted by Gasteiger charge is -2.10. The number of hydrogen-bond acceptors (Lipinski definition) is 9. The molecule has 0 atom stereocenters. The van der Waals surface area contributed by atoms with E-state index in [0.717, 1.165) is 10.8 Å². The Bertz CT molecular complexity index is 911. The van der Waals surface area contributed by atoms with Gasteiger partial charge in [-0.05, 0) is 25.0 Å². The van der Waals surface area contributed by atoms with Crippen LogP contribution >= 0.6 is 11.8 Å². The van der Waals surface area contributed by atoms with E-state index >= 15 is 0 Å². The van der Waals surface area contributed by atoms with Gasteiger partial charge in [0.05, 0.1) is 18.6 Å². The Balaban J connectivity index is 1.50. The zero-order valence-electron chi connectivity index (χ0n) is 14.2. The van der Waals surface area contributed by atoms with Gasteiger partial charge in [0.1, 0.15) is 17.9 Å². The summed E-state index contributed by atoms with van der Waals surface area (Å²) >= 11 is 1.54. The van der Waals surface area contributed by atoms with Gasteiger partial charge < -0.3 is 20.4 Å². The average molecular weight is 370 g/mol. The summed E-state index contributed by atoms with van der Waals surface area (Å²) in [5.74, 6) is 2.33. The van der Waals surface area contributed by atoms with Crippen molar-refractivity contribution < 1.29 is 4.74 Å². The molecule has 0 unspecified atom stereocenters. The minimum absolute atomic E-state index is 0.164. The van der Waals surface area contributed by atoms with Gasteiger partial charge in [0.25, 0.3) is 0 Å². The molecule has 9 nitrogen and oxygen atoms in total. The van der Waals surface area contributed by atoms with Crippen LogP contribution in [-0.2, 0) is 5.75 Å². The molecule has 2 aromatic heterocycles. The predicted octanol–water partition coefficient (Wildman–Crippen LogP) is 2.42. The predicted molar refractivity (Wildman–Crippen MR) is 98.4 cm³/mol. The first-order valence-electron chi connectivity index (χ1n) is 8.15. The normalized spacial score (nSPS) is 13.6. The Hall–Kier alpha value is -2.88. The van der Waals surface area contributed by atoms with Crippen molar-refractivity contribution in [3.8, 4) is 5.75 Å². The van der Waals surface area contributed by atoms with E-state index in [4.69, 9.17) is 10.5 Å². The van der Waals surface area contributed by atoms with E-state index in [1.807, 2.05) is 24.3 Å². The van der Waals surface area contributed by atoms with E-state index in [9.17, 15) is 0 Å². The van der Waals surface area contributed by atoms with Crippen LogP contribution in [0.4, 0.5) is 17.6 Å². The van der Waals surface area contributed by atoms with Crippen molar-refractivity contribution in [1.82, 2.24) is 29.7 Å². The van der Waals surface area contributed by atoms with Gasteiger partial charge in [-0.2, -0.15) is 15.0 Å². The lowest BCUT2D eigenvalue weighted by atomic mass is 10.3. The molecule has 0 aliphatic heterocycles. The van der Waals surface area contributed by atoms with Crippen molar-refractivity contribution in [3.05, 3.63) is 36.4 Å². The number of benzene rings is 1. The van der Waals surface area contributed by atoms with Crippen molar-refractivity contribution in [1.29, 1.82) is 0 Å². The Labute approximate surface area is 154 Å². The molecule has 26 heavy (non-hydrogen) atoms. The van der Waals surface area contributed by atoms with E-state index in [-0.39, 0.29) is 5.95 Å². The molecule has 134 valence electrons. The third kappa shape index (κ3) is 3.69. The van der Waals surface area contributed by atoms with Crippen LogP contribution in [0.5, 0.6) is 5.75 Å². The number of nitrogens with two attached hydrogens (primary N) is 1. The Morgan fingerprint density at radius 2 is 2.12 bits per heavy atom. The molecular formula is C16H18N8OS. The molecule has 4 rings (SSSR count). The van der Waals surface area contributed by atoms with Gasteiger partial charge in [-0.25, -0.2) is 0 Å². The standard InChI is InChI=1S/C16H18N8OS/c1-25-12-5-3-2-4-11(12)19-15-21-13(20-14(17)22-15)8-26-16-23-18-9-24(16)10-6-7-10/h2-5,9-10H,6-8H2,1H3,(H3,17,19,20,21,22). The number of rotatable bonds is 7. The Morgan fingerprint density at radius 1 is 1.27 bits per heavy atom. The quantitative estimate of drug-likeness (QED) is 0.605. The van der Waals surface area contributed by atoms with Gasteiger partial charge >= 0.3 is 0 Å². The zero-order valence-corrected chi connectivity index (χ0v) is 15.0. The van der Waals surface area contributed by atoms with Crippen LogP contribution in [-0.4, -0.2) is 36.8 Å². The molecule has 0 radical (unpaired) electrons. The molecule has 2 heterocycles. The van der Waals surface area contributed by atoms with Crippen LogP contribution in [0.25, 0.3) is 0 Å². The first-order chi connectivity index (χ1) is 12.7. The number of hydrogen-bond donors (Lipinski definition) is 2. The number of thioether (sulfide) groups is 1. The number of para-hydroxylation sites is 2. The molecule has 0 saturated heterocycles. The lowest BCUT2D eigenvalue weighted by molar-refractivity contribution is 0.417. The summed E-state index contributed by atoms with van der Waals surface area (Å²) in [5, 5.41) is 12.2. The fourth-order valence-corrected chi connectivity index (χ4v) is 3.33. The Kier molecular flexibility index (Phi) is 4.57. The van der Waals surface area contributed by atoms with Gasteiger partial charge in [0.15, 0.2) is 5.16 Å². The molecule has 1 saturated carbocycles. The monoisotopic (exact) mass is 370 g/mol. The topological polar surface area (TPSA) is 117 Å². The number of nitrogens with one attached hydrogen (secondary N) is 1. The molecule has 0 amide bonds. The highest BCUT2D eigenvalue weighted by molar-refractivity contribution is 7.98. The number of ether oxygens (including phenoxy) is 1. The molecule has 3 N–H and O–H groups in total. The maximum absolute atomic E-state index is 5.84. The van der Waals surface area contributed by atoms with Crippen LogP contribution in [0, 0.1) is 0 Å². The van der Waals surface area contributed by atoms with Crippen LogP contribution < -0.4 is 15.8 Å². The third-order valence-corrected chi connectivity index (χ3v) is 4.82. The third-order valence-electron chi connectivity index (χ3n) is 3.86. The van der Waals surface area contributed by atoms with Crippen LogP contribution in [0.15, 0.2) is 35.7 Å². The summed E-state index contributed by atoms with van der Waals surface area (Å²) in [5.41, 5.74) is 6.60. The number of nitrogens with zero attached hydrogens (tertiary/aromatic N) is 6. The smallest absolute Gasteiger partial charge is 0.232 e. The first kappa shape index (κ1) is 16.6. The Morgan fingerprint density at radius 3 is 2.92 bits per heavy atom. The van der Waals surface area contributed by atoms with E-state index in [1.165, 1.54) is 24.6 Å². The fourth-order valence-electron chi connectivity index (χ4n) is 2.49. The second kappa shape index (κ2) is 7.16. The fraction of sp³-hybridized carbons (Fsp3) is 0.312. The second-order valence-corrected chi connectivity index (χ2v) is 6.74. The zero-order chi connectivity index (χ0) is 17.9.